The molecule has 0 unspecified atom stereocenters. The summed E-state index contributed by atoms with van der Waals surface area (Å²) in [5.41, 5.74) is 4.92. The van der Waals surface area contributed by atoms with Crippen LogP contribution in [0.1, 0.15) is 41.5 Å². The Morgan fingerprint density at radius 1 is 1.11 bits per heavy atom. The van der Waals surface area contributed by atoms with Crippen LogP contribution in [-0.4, -0.2) is 72.8 Å². The zero-order valence-electron chi connectivity index (χ0n) is 20.5. The number of aryl methyl sites for hydroxylation is 1. The van der Waals surface area contributed by atoms with Gasteiger partial charge in [-0.25, -0.2) is 8.42 Å². The number of benzene rings is 1. The minimum atomic E-state index is -3.56. The number of nitrogens with one attached hydrogen (secondary N) is 1. The van der Waals surface area contributed by atoms with Crippen LogP contribution < -0.4 is 5.32 Å². The number of aromatic nitrogens is 2. The van der Waals surface area contributed by atoms with Crippen molar-refractivity contribution in [3.63, 3.8) is 0 Å². The second-order valence-corrected chi connectivity index (χ2v) is 10.9. The molecule has 1 aromatic heterocycles. The second-order valence-electron chi connectivity index (χ2n) is 8.95. The number of allylic oxidation sites excluding steroid dienone is 2. The third-order valence-electron chi connectivity index (χ3n) is 6.62. The topological polar surface area (TPSA) is 99.9 Å². The van der Waals surface area contributed by atoms with E-state index < -0.39 is 10.0 Å². The molecule has 0 saturated carbocycles. The minimum absolute atomic E-state index is 0.223. The lowest BCUT2D eigenvalue weighted by Gasteiger charge is -2.31. The molecule has 35 heavy (non-hydrogen) atoms. The van der Waals surface area contributed by atoms with Gasteiger partial charge in [0, 0.05) is 56.9 Å². The molecule has 1 saturated heterocycles. The Balaban J connectivity index is 1.53. The first-order valence-corrected chi connectivity index (χ1v) is 13.2. The molecule has 2 aliphatic rings. The summed E-state index contributed by atoms with van der Waals surface area (Å²) in [6.07, 6.45) is 5.81. The zero-order chi connectivity index (χ0) is 25.2. The molecule has 1 fully saturated rings. The second kappa shape index (κ2) is 10.3. The first kappa shape index (κ1) is 25.0. The van der Waals surface area contributed by atoms with Crippen molar-refractivity contribution in [1.82, 2.24) is 19.0 Å². The van der Waals surface area contributed by atoms with E-state index in [2.05, 4.69) is 26.9 Å². The Hall–Kier alpha value is -3.08. The molecule has 1 aliphatic heterocycles. The van der Waals surface area contributed by atoms with E-state index in [0.717, 1.165) is 41.7 Å². The summed E-state index contributed by atoms with van der Waals surface area (Å²) in [4.78, 5) is 19.7. The summed E-state index contributed by atoms with van der Waals surface area (Å²) in [6.45, 7) is 8.02. The molecule has 0 atom stereocenters. The first-order valence-electron chi connectivity index (χ1n) is 11.7. The number of piperazine rings is 1. The van der Waals surface area contributed by atoms with Gasteiger partial charge in [-0.05, 0) is 68.6 Å². The molecule has 2 aromatic rings. The van der Waals surface area contributed by atoms with E-state index in [1.807, 2.05) is 27.2 Å². The number of sulfonamides is 1. The van der Waals surface area contributed by atoms with Gasteiger partial charge in [0.25, 0.3) is 5.91 Å². The molecule has 0 spiro atoms. The molecule has 4 rings (SSSR count). The molecular weight excluding hydrogens is 464 g/mol. The Kier molecular flexibility index (Phi) is 7.34. The maximum Gasteiger partial charge on any atom is 0.276 e. The highest BCUT2D eigenvalue weighted by Gasteiger charge is 2.28. The average molecular weight is 497 g/mol. The van der Waals surface area contributed by atoms with Crippen LogP contribution in [0.5, 0.6) is 0 Å². The fraction of sp³-hybridized carbons (Fsp3) is 0.400. The van der Waals surface area contributed by atoms with Crippen molar-refractivity contribution in [2.24, 2.45) is 12.0 Å². The number of nitrogens with zero attached hydrogens (tertiary/aromatic N) is 5. The van der Waals surface area contributed by atoms with Gasteiger partial charge in [-0.1, -0.05) is 6.58 Å². The van der Waals surface area contributed by atoms with Crippen molar-refractivity contribution in [2.45, 2.75) is 31.1 Å². The van der Waals surface area contributed by atoms with Crippen LogP contribution in [0.3, 0.4) is 0 Å². The molecule has 10 heteroatoms. The van der Waals surface area contributed by atoms with Gasteiger partial charge in [0.05, 0.1) is 10.6 Å². The van der Waals surface area contributed by atoms with Crippen molar-refractivity contribution < 1.29 is 13.2 Å². The van der Waals surface area contributed by atoms with E-state index in [0.29, 0.717) is 37.6 Å². The third kappa shape index (κ3) is 5.14. The van der Waals surface area contributed by atoms with Gasteiger partial charge in [0.2, 0.25) is 10.0 Å². The van der Waals surface area contributed by atoms with Crippen LogP contribution in [0.2, 0.25) is 0 Å². The highest BCUT2D eigenvalue weighted by Crippen LogP contribution is 2.31. The van der Waals surface area contributed by atoms with Crippen molar-refractivity contribution in [1.29, 1.82) is 0 Å². The van der Waals surface area contributed by atoms with Gasteiger partial charge >= 0.3 is 0 Å². The number of amides is 1. The average Bonchev–Trinajstić information content (AvgIpc) is 3.07. The van der Waals surface area contributed by atoms with Crippen LogP contribution in [-0.2, 0) is 23.5 Å². The number of hydrogen-bond acceptors (Lipinski definition) is 6. The van der Waals surface area contributed by atoms with Gasteiger partial charge < -0.3 is 10.2 Å². The molecule has 1 aliphatic carbocycles. The summed E-state index contributed by atoms with van der Waals surface area (Å²) < 4.78 is 29.2. The number of anilines is 1. The van der Waals surface area contributed by atoms with E-state index in [4.69, 9.17) is 0 Å². The lowest BCUT2D eigenvalue weighted by atomic mass is 10.0. The summed E-state index contributed by atoms with van der Waals surface area (Å²) in [6, 6.07) is 6.33. The maximum atomic E-state index is 13.2. The van der Waals surface area contributed by atoms with Gasteiger partial charge in [0.15, 0.2) is 5.69 Å². The monoisotopic (exact) mass is 496 g/mol. The SMILES string of the molecule is C=CN=CC1=C(C)c2c(c(C(=O)Nc3ccc(S(=O)(=O)N4CCN(C)CC4)cc3)nn2C)CCC1. The Bertz CT molecular complexity index is 1280. The van der Waals surface area contributed by atoms with Crippen LogP contribution >= 0.6 is 0 Å². The Morgan fingerprint density at radius 2 is 1.80 bits per heavy atom. The lowest BCUT2D eigenvalue weighted by Crippen LogP contribution is -2.46. The summed E-state index contributed by atoms with van der Waals surface area (Å²) in [5, 5.41) is 7.40. The van der Waals surface area contributed by atoms with Crippen molar-refractivity contribution in [2.75, 3.05) is 38.5 Å². The molecule has 2 heterocycles. The molecule has 9 nitrogen and oxygen atoms in total. The van der Waals surface area contributed by atoms with Crippen molar-refractivity contribution in [3.05, 3.63) is 59.6 Å². The van der Waals surface area contributed by atoms with E-state index in [1.54, 1.807) is 28.9 Å². The predicted molar refractivity (Wildman–Crippen MR) is 138 cm³/mol. The van der Waals surface area contributed by atoms with E-state index >= 15 is 0 Å². The smallest absolute Gasteiger partial charge is 0.276 e. The highest BCUT2D eigenvalue weighted by molar-refractivity contribution is 7.89. The van der Waals surface area contributed by atoms with Gasteiger partial charge in [-0.3, -0.25) is 14.5 Å². The van der Waals surface area contributed by atoms with Crippen LogP contribution in [0.15, 0.2) is 52.5 Å². The number of fused-ring (bicyclic) bond motifs is 1. The molecule has 1 amide bonds. The van der Waals surface area contributed by atoms with E-state index in [9.17, 15) is 13.2 Å². The third-order valence-corrected chi connectivity index (χ3v) is 8.53. The summed E-state index contributed by atoms with van der Waals surface area (Å²) in [5.74, 6) is -0.312. The number of carbonyl (C=O) groups is 1. The molecule has 186 valence electrons. The minimum Gasteiger partial charge on any atom is -0.321 e. The van der Waals surface area contributed by atoms with Crippen molar-refractivity contribution in [3.8, 4) is 0 Å². The Labute approximate surface area is 206 Å². The predicted octanol–water partition coefficient (Wildman–Crippen LogP) is 2.93. The number of aliphatic imine (C=N–C) groups is 1. The van der Waals surface area contributed by atoms with E-state index in [1.165, 1.54) is 10.5 Å². The first-order chi connectivity index (χ1) is 16.7. The van der Waals surface area contributed by atoms with Crippen LogP contribution in [0.4, 0.5) is 5.69 Å². The lowest BCUT2D eigenvalue weighted by molar-refractivity contribution is 0.102. The van der Waals surface area contributed by atoms with Gasteiger partial charge in [-0.15, -0.1) is 0 Å². The van der Waals surface area contributed by atoms with Crippen LogP contribution in [0.25, 0.3) is 5.57 Å². The quantitative estimate of drug-likeness (QED) is 0.620. The number of hydrogen-bond donors (Lipinski definition) is 1. The number of rotatable bonds is 6. The van der Waals surface area contributed by atoms with Gasteiger partial charge in [-0.2, -0.15) is 9.40 Å². The van der Waals surface area contributed by atoms with E-state index in [-0.39, 0.29) is 10.8 Å². The number of carbonyl (C=O) groups excluding carboxylic acids is 1. The summed E-state index contributed by atoms with van der Waals surface area (Å²) in [7, 11) is 0.262. The molecule has 0 bridgehead atoms. The number of likely N-dealkylation sites (N-methyl/N-ethyl adjacent to an activating group) is 1. The van der Waals surface area contributed by atoms with Crippen molar-refractivity contribution >= 4 is 33.4 Å². The largest absolute Gasteiger partial charge is 0.321 e. The van der Waals surface area contributed by atoms with Crippen LogP contribution in [0, 0.1) is 0 Å². The molecule has 1 aromatic carbocycles. The maximum absolute atomic E-state index is 13.2. The normalized spacial score (nSPS) is 17.9. The Morgan fingerprint density at radius 3 is 2.46 bits per heavy atom. The molecule has 1 N–H and O–H groups in total. The highest BCUT2D eigenvalue weighted by atomic mass is 32.2. The zero-order valence-corrected chi connectivity index (χ0v) is 21.3. The van der Waals surface area contributed by atoms with Gasteiger partial charge in [0.1, 0.15) is 0 Å². The summed E-state index contributed by atoms with van der Waals surface area (Å²) >= 11 is 0. The fourth-order valence-electron chi connectivity index (χ4n) is 4.63. The fourth-order valence-corrected chi connectivity index (χ4v) is 6.06. The molecule has 0 radical (unpaired) electrons. The standard InChI is InChI=1S/C25H32N6O3S/c1-5-26-17-19-7-6-8-22-23(28-30(4)24(22)18(19)2)25(32)27-20-9-11-21(12-10-20)35(33,34)31-15-13-29(3)14-16-31/h5,9-12,17H,1,6-8,13-16H2,2-4H3,(H,27,32). The molecular formula is C25H32N6O3S.